The van der Waals surface area contributed by atoms with Gasteiger partial charge in [0.25, 0.3) is 0 Å². The van der Waals surface area contributed by atoms with Crippen LogP contribution in [-0.2, 0) is 12.7 Å². The van der Waals surface area contributed by atoms with Crippen molar-refractivity contribution in [1.82, 2.24) is 0 Å². The summed E-state index contributed by atoms with van der Waals surface area (Å²) in [5, 5.41) is 2.78. The summed E-state index contributed by atoms with van der Waals surface area (Å²) in [6.45, 7) is 0.275. The number of rotatable bonds is 4. The highest BCUT2D eigenvalue weighted by Gasteiger charge is 2.33. The lowest BCUT2D eigenvalue weighted by Gasteiger charge is -2.15. The molecule has 2 aromatic carbocycles. The first kappa shape index (κ1) is 15.0. The predicted octanol–water partition coefficient (Wildman–Crippen LogP) is 3.91. The maximum atomic E-state index is 12.9. The van der Waals surface area contributed by atoms with Crippen LogP contribution < -0.4 is 15.8 Å². The van der Waals surface area contributed by atoms with Crippen LogP contribution in [0.15, 0.2) is 42.5 Å². The minimum Gasteiger partial charge on any atom is -0.497 e. The maximum Gasteiger partial charge on any atom is 0.418 e. The summed E-state index contributed by atoms with van der Waals surface area (Å²) >= 11 is 0. The van der Waals surface area contributed by atoms with E-state index in [1.807, 2.05) is 0 Å². The van der Waals surface area contributed by atoms with Crippen molar-refractivity contribution in [1.29, 1.82) is 0 Å². The molecule has 0 radical (unpaired) electrons. The molecule has 0 fully saturated rings. The molecular weight excluding hydrogens is 281 g/mol. The quantitative estimate of drug-likeness (QED) is 0.841. The normalized spacial score (nSPS) is 11.2. The monoisotopic (exact) mass is 296 g/mol. The second kappa shape index (κ2) is 5.95. The smallest absolute Gasteiger partial charge is 0.418 e. The summed E-state index contributed by atoms with van der Waals surface area (Å²) in [5.74, 6) is 0.696. The van der Waals surface area contributed by atoms with Crippen molar-refractivity contribution in [2.24, 2.45) is 0 Å². The van der Waals surface area contributed by atoms with E-state index in [2.05, 4.69) is 5.32 Å². The van der Waals surface area contributed by atoms with Gasteiger partial charge in [0, 0.05) is 17.9 Å². The van der Waals surface area contributed by atoms with Crippen LogP contribution >= 0.6 is 0 Å². The van der Waals surface area contributed by atoms with Crippen LogP contribution in [0.3, 0.4) is 0 Å². The zero-order valence-corrected chi connectivity index (χ0v) is 11.4. The molecule has 6 heteroatoms. The Morgan fingerprint density at radius 2 is 1.76 bits per heavy atom. The van der Waals surface area contributed by atoms with Gasteiger partial charge in [-0.2, -0.15) is 13.2 Å². The van der Waals surface area contributed by atoms with Crippen LogP contribution in [0.2, 0.25) is 0 Å². The third-order valence-corrected chi connectivity index (χ3v) is 2.99. The van der Waals surface area contributed by atoms with E-state index in [-0.39, 0.29) is 17.9 Å². The van der Waals surface area contributed by atoms with Crippen LogP contribution in [0.1, 0.15) is 11.1 Å². The van der Waals surface area contributed by atoms with Gasteiger partial charge < -0.3 is 15.8 Å². The average molecular weight is 296 g/mol. The van der Waals surface area contributed by atoms with Crippen molar-refractivity contribution < 1.29 is 17.9 Å². The molecule has 0 bridgehead atoms. The third-order valence-electron chi connectivity index (χ3n) is 2.99. The molecule has 2 aromatic rings. The van der Waals surface area contributed by atoms with Crippen molar-refractivity contribution in [3.8, 4) is 5.75 Å². The second-order valence-corrected chi connectivity index (χ2v) is 4.50. The summed E-state index contributed by atoms with van der Waals surface area (Å²) in [7, 11) is 1.55. The molecule has 3 N–H and O–H groups in total. The molecule has 112 valence electrons. The van der Waals surface area contributed by atoms with Gasteiger partial charge in [0.05, 0.1) is 12.7 Å². The molecule has 0 spiro atoms. The van der Waals surface area contributed by atoms with Crippen molar-refractivity contribution >= 4 is 11.4 Å². The zero-order chi connectivity index (χ0) is 15.5. The van der Waals surface area contributed by atoms with Gasteiger partial charge in [0.15, 0.2) is 0 Å². The summed E-state index contributed by atoms with van der Waals surface area (Å²) in [4.78, 5) is 0. The Kier molecular flexibility index (Phi) is 4.26. The first-order chi connectivity index (χ1) is 9.90. The van der Waals surface area contributed by atoms with E-state index in [4.69, 9.17) is 10.5 Å². The number of nitrogens with one attached hydrogen (secondary N) is 1. The number of anilines is 2. The first-order valence-electron chi connectivity index (χ1n) is 6.23. The fourth-order valence-electron chi connectivity index (χ4n) is 1.89. The topological polar surface area (TPSA) is 47.3 Å². The summed E-state index contributed by atoms with van der Waals surface area (Å²) in [6, 6.07) is 10.8. The highest BCUT2D eigenvalue weighted by atomic mass is 19.4. The number of benzene rings is 2. The highest BCUT2D eigenvalue weighted by Crippen LogP contribution is 2.36. The van der Waals surface area contributed by atoms with E-state index < -0.39 is 11.7 Å². The van der Waals surface area contributed by atoms with Crippen LogP contribution in [-0.4, -0.2) is 7.11 Å². The number of ether oxygens (including phenoxy) is 1. The summed E-state index contributed by atoms with van der Waals surface area (Å²) in [6.07, 6.45) is -4.45. The number of alkyl halides is 3. The van der Waals surface area contributed by atoms with Gasteiger partial charge in [-0.05, 0) is 35.9 Å². The Hall–Kier alpha value is -2.37. The van der Waals surface area contributed by atoms with Crippen LogP contribution in [0, 0.1) is 0 Å². The second-order valence-electron chi connectivity index (χ2n) is 4.50. The molecule has 0 aliphatic heterocycles. The van der Waals surface area contributed by atoms with Crippen molar-refractivity contribution in [2.45, 2.75) is 12.7 Å². The van der Waals surface area contributed by atoms with E-state index in [0.29, 0.717) is 5.75 Å². The molecule has 0 saturated heterocycles. The Labute approximate surface area is 120 Å². The number of nitrogens with two attached hydrogens (primary N) is 1. The van der Waals surface area contributed by atoms with Gasteiger partial charge >= 0.3 is 6.18 Å². The molecular formula is C15H15F3N2O. The first-order valence-corrected chi connectivity index (χ1v) is 6.23. The number of hydrogen-bond donors (Lipinski definition) is 2. The number of halogens is 3. The molecule has 21 heavy (non-hydrogen) atoms. The minimum atomic E-state index is -4.45. The van der Waals surface area contributed by atoms with E-state index in [9.17, 15) is 13.2 Å². The van der Waals surface area contributed by atoms with Crippen LogP contribution in [0.5, 0.6) is 5.75 Å². The standard InChI is InChI=1S/C15H15F3N2O/c1-21-12-5-2-10(3-6-12)9-20-14-7-4-11(19)8-13(14)15(16,17)18/h2-8,20H,9,19H2,1H3. The van der Waals surface area contributed by atoms with Gasteiger partial charge in [0.1, 0.15) is 5.75 Å². The molecule has 0 atom stereocenters. The summed E-state index contributed by atoms with van der Waals surface area (Å²) in [5.41, 5.74) is 5.59. The number of hydrogen-bond acceptors (Lipinski definition) is 3. The molecule has 0 aliphatic carbocycles. The lowest BCUT2D eigenvalue weighted by molar-refractivity contribution is -0.136. The van der Waals surface area contributed by atoms with Gasteiger partial charge in [0.2, 0.25) is 0 Å². The van der Waals surface area contributed by atoms with Gasteiger partial charge in [-0.1, -0.05) is 12.1 Å². The predicted molar refractivity (Wildman–Crippen MR) is 76.2 cm³/mol. The van der Waals surface area contributed by atoms with Crippen LogP contribution in [0.25, 0.3) is 0 Å². The largest absolute Gasteiger partial charge is 0.497 e. The fourth-order valence-corrected chi connectivity index (χ4v) is 1.89. The van der Waals surface area contributed by atoms with E-state index >= 15 is 0 Å². The van der Waals surface area contributed by atoms with Gasteiger partial charge in [-0.15, -0.1) is 0 Å². The van der Waals surface area contributed by atoms with Crippen molar-refractivity contribution in [3.05, 3.63) is 53.6 Å². The molecule has 0 saturated carbocycles. The van der Waals surface area contributed by atoms with E-state index in [1.165, 1.54) is 12.1 Å². The minimum absolute atomic E-state index is 0.00696. The van der Waals surface area contributed by atoms with Crippen molar-refractivity contribution in [2.75, 3.05) is 18.2 Å². The van der Waals surface area contributed by atoms with E-state index in [0.717, 1.165) is 11.6 Å². The SMILES string of the molecule is COc1ccc(CNc2ccc(N)cc2C(F)(F)F)cc1. The van der Waals surface area contributed by atoms with Gasteiger partial charge in [-0.3, -0.25) is 0 Å². The molecule has 2 rings (SSSR count). The highest BCUT2D eigenvalue weighted by molar-refractivity contribution is 5.59. The van der Waals surface area contributed by atoms with Gasteiger partial charge in [-0.25, -0.2) is 0 Å². The lowest BCUT2D eigenvalue weighted by Crippen LogP contribution is -2.11. The van der Waals surface area contributed by atoms with Crippen molar-refractivity contribution in [3.63, 3.8) is 0 Å². The molecule has 3 nitrogen and oxygen atoms in total. The molecule has 0 heterocycles. The molecule has 0 aliphatic rings. The lowest BCUT2D eigenvalue weighted by atomic mass is 10.1. The van der Waals surface area contributed by atoms with Crippen LogP contribution in [0.4, 0.5) is 24.5 Å². The molecule has 0 aromatic heterocycles. The average Bonchev–Trinajstić information content (AvgIpc) is 2.45. The fraction of sp³-hybridized carbons (Fsp3) is 0.200. The Balaban J connectivity index is 2.15. The summed E-state index contributed by atoms with van der Waals surface area (Å²) < 4.78 is 43.8. The molecule has 0 amide bonds. The zero-order valence-electron chi connectivity index (χ0n) is 11.4. The third kappa shape index (κ3) is 3.81. The maximum absolute atomic E-state index is 12.9. The van der Waals surface area contributed by atoms with E-state index in [1.54, 1.807) is 31.4 Å². The molecule has 0 unspecified atom stereocenters. The Bertz CT molecular complexity index is 609. The Morgan fingerprint density at radius 3 is 2.33 bits per heavy atom. The Morgan fingerprint density at radius 1 is 1.10 bits per heavy atom. The number of nitrogen functional groups attached to an aromatic ring is 1. The number of methoxy groups -OCH3 is 1.